The number of nitrogens with zero attached hydrogens (tertiary/aromatic N) is 4. The van der Waals surface area contributed by atoms with E-state index >= 15 is 0 Å². The van der Waals surface area contributed by atoms with Crippen LogP contribution in [0.15, 0.2) is 53.1 Å². The average Bonchev–Trinajstić information content (AvgIpc) is 3.33. The largest absolute Gasteiger partial charge is 0.480 e. The zero-order valence-corrected chi connectivity index (χ0v) is 17.0. The number of rotatable bonds is 6. The van der Waals surface area contributed by atoms with Gasteiger partial charge in [-0.15, -0.1) is 0 Å². The van der Waals surface area contributed by atoms with Gasteiger partial charge in [0.1, 0.15) is 17.3 Å². The lowest BCUT2D eigenvalue weighted by molar-refractivity contribution is 0.383. The summed E-state index contributed by atoms with van der Waals surface area (Å²) in [6.45, 7) is 3.84. The van der Waals surface area contributed by atoms with Gasteiger partial charge in [0.05, 0.1) is 12.8 Å². The zero-order valence-electron chi connectivity index (χ0n) is 16.2. The van der Waals surface area contributed by atoms with Crippen LogP contribution < -0.4 is 9.47 Å². The van der Waals surface area contributed by atoms with Crippen LogP contribution in [0.5, 0.6) is 17.4 Å². The number of ether oxygens (including phenoxy) is 2. The second-order valence-electron chi connectivity index (χ2n) is 6.27. The molecule has 0 fully saturated rings. The van der Waals surface area contributed by atoms with Crippen molar-refractivity contribution in [2.24, 2.45) is 0 Å². The molecule has 0 unspecified atom stereocenters. The van der Waals surface area contributed by atoms with Crippen LogP contribution in [0.3, 0.4) is 0 Å². The predicted octanol–water partition coefficient (Wildman–Crippen LogP) is 5.25. The van der Waals surface area contributed by atoms with Crippen LogP contribution in [0, 0.1) is 6.92 Å². The Kier molecular flexibility index (Phi) is 5.22. The summed E-state index contributed by atoms with van der Waals surface area (Å²) in [5, 5.41) is 4.60. The first-order valence-electron chi connectivity index (χ1n) is 9.09. The molecular formula is C21H19ClN4O3. The molecule has 7 nitrogen and oxygen atoms in total. The molecule has 4 aromatic rings. The maximum absolute atomic E-state index is 5.94. The Morgan fingerprint density at radius 2 is 1.86 bits per heavy atom. The summed E-state index contributed by atoms with van der Waals surface area (Å²) >= 11 is 5.94. The molecule has 2 heterocycles. The van der Waals surface area contributed by atoms with Gasteiger partial charge >= 0.3 is 0 Å². The van der Waals surface area contributed by atoms with E-state index in [1.165, 1.54) is 0 Å². The molecule has 0 bridgehead atoms. The summed E-state index contributed by atoms with van der Waals surface area (Å²) in [4.78, 5) is 8.95. The van der Waals surface area contributed by atoms with Crippen molar-refractivity contribution in [2.45, 2.75) is 20.3 Å². The monoisotopic (exact) mass is 410 g/mol. The van der Waals surface area contributed by atoms with Gasteiger partial charge in [-0.25, -0.2) is 4.98 Å². The maximum Gasteiger partial charge on any atom is 0.282 e. The summed E-state index contributed by atoms with van der Waals surface area (Å²) in [6.07, 6.45) is 0.676. The van der Waals surface area contributed by atoms with Gasteiger partial charge in [-0.1, -0.05) is 29.7 Å². The molecule has 0 spiro atoms. The van der Waals surface area contributed by atoms with E-state index in [9.17, 15) is 0 Å². The summed E-state index contributed by atoms with van der Waals surface area (Å²) < 4.78 is 18.8. The fourth-order valence-corrected chi connectivity index (χ4v) is 3.09. The molecule has 8 heteroatoms. The molecule has 29 heavy (non-hydrogen) atoms. The average molecular weight is 411 g/mol. The quantitative estimate of drug-likeness (QED) is 0.432. The fourth-order valence-electron chi connectivity index (χ4n) is 2.96. The van der Waals surface area contributed by atoms with Crippen molar-refractivity contribution in [2.75, 3.05) is 7.11 Å². The third-order valence-electron chi connectivity index (χ3n) is 4.31. The molecule has 0 aliphatic rings. The maximum atomic E-state index is 5.94. The first-order chi connectivity index (χ1) is 14.1. The molecule has 0 saturated carbocycles. The van der Waals surface area contributed by atoms with E-state index in [0.717, 1.165) is 11.5 Å². The minimum absolute atomic E-state index is 0.328. The van der Waals surface area contributed by atoms with Gasteiger partial charge in [0.2, 0.25) is 5.88 Å². The van der Waals surface area contributed by atoms with E-state index in [4.69, 9.17) is 25.6 Å². The lowest BCUT2D eigenvalue weighted by atomic mass is 10.3. The topological polar surface area (TPSA) is 75.2 Å². The molecular weight excluding hydrogens is 392 g/mol. The Morgan fingerprint density at radius 1 is 1.07 bits per heavy atom. The number of benzene rings is 2. The van der Waals surface area contributed by atoms with Crippen molar-refractivity contribution >= 4 is 11.6 Å². The van der Waals surface area contributed by atoms with E-state index in [1.54, 1.807) is 19.2 Å². The van der Waals surface area contributed by atoms with E-state index in [2.05, 4.69) is 15.1 Å². The lowest BCUT2D eigenvalue weighted by Crippen LogP contribution is -2.00. The molecule has 0 aliphatic heterocycles. The standard InChI is InChI=1S/C21H19ClN4O3/c1-4-18-24-20(29-25-18)19-21(27-3)26(13(2)23-19)15-6-5-7-17(12-15)28-16-10-8-14(22)9-11-16/h5-12H,4H2,1-3H3. The van der Waals surface area contributed by atoms with Crippen molar-refractivity contribution in [3.63, 3.8) is 0 Å². The molecule has 0 saturated heterocycles. The molecule has 4 rings (SSSR count). The van der Waals surface area contributed by atoms with E-state index in [1.807, 2.05) is 54.8 Å². The van der Waals surface area contributed by atoms with Gasteiger partial charge in [-0.3, -0.25) is 4.57 Å². The highest BCUT2D eigenvalue weighted by molar-refractivity contribution is 6.30. The van der Waals surface area contributed by atoms with Crippen LogP contribution in [0.1, 0.15) is 18.6 Å². The summed E-state index contributed by atoms with van der Waals surface area (Å²) in [7, 11) is 1.58. The smallest absolute Gasteiger partial charge is 0.282 e. The van der Waals surface area contributed by atoms with Gasteiger partial charge in [0.25, 0.3) is 5.89 Å². The van der Waals surface area contributed by atoms with Gasteiger partial charge in [0.15, 0.2) is 11.5 Å². The molecule has 2 aromatic carbocycles. The van der Waals surface area contributed by atoms with Crippen LogP contribution >= 0.6 is 11.6 Å². The first kappa shape index (κ1) is 19.0. The first-order valence-corrected chi connectivity index (χ1v) is 9.47. The number of hydrogen-bond donors (Lipinski definition) is 0. The highest BCUT2D eigenvalue weighted by Gasteiger charge is 2.23. The predicted molar refractivity (Wildman–Crippen MR) is 109 cm³/mol. The van der Waals surface area contributed by atoms with E-state index in [-0.39, 0.29) is 0 Å². The highest BCUT2D eigenvalue weighted by Crippen LogP contribution is 2.34. The number of aromatic nitrogens is 4. The molecule has 0 radical (unpaired) electrons. The summed E-state index contributed by atoms with van der Waals surface area (Å²) in [5.74, 6) is 3.54. The van der Waals surface area contributed by atoms with Crippen LogP contribution in [0.4, 0.5) is 0 Å². The minimum Gasteiger partial charge on any atom is -0.480 e. The van der Waals surface area contributed by atoms with Gasteiger partial charge in [-0.2, -0.15) is 4.98 Å². The third kappa shape index (κ3) is 3.82. The van der Waals surface area contributed by atoms with E-state index < -0.39 is 0 Å². The Balaban J connectivity index is 1.72. The van der Waals surface area contributed by atoms with Gasteiger partial charge < -0.3 is 14.0 Å². The van der Waals surface area contributed by atoms with Crippen LogP contribution in [0.2, 0.25) is 5.02 Å². The fraction of sp³-hybridized carbons (Fsp3) is 0.190. The third-order valence-corrected chi connectivity index (χ3v) is 4.56. The SMILES string of the molecule is CCc1noc(-c2nc(C)n(-c3cccc(Oc4ccc(Cl)cc4)c3)c2OC)n1. The van der Waals surface area contributed by atoms with Crippen LogP contribution in [0.25, 0.3) is 17.3 Å². The molecule has 2 aromatic heterocycles. The Hall–Kier alpha value is -3.32. The molecule has 0 atom stereocenters. The van der Waals surface area contributed by atoms with Crippen molar-refractivity contribution in [3.8, 4) is 34.7 Å². The van der Waals surface area contributed by atoms with Crippen molar-refractivity contribution in [1.82, 2.24) is 19.7 Å². The summed E-state index contributed by atoms with van der Waals surface area (Å²) in [5.41, 5.74) is 1.33. The van der Waals surface area contributed by atoms with E-state index in [0.29, 0.717) is 46.2 Å². The van der Waals surface area contributed by atoms with Crippen LogP contribution in [-0.4, -0.2) is 26.8 Å². The molecule has 148 valence electrons. The summed E-state index contributed by atoms with van der Waals surface area (Å²) in [6, 6.07) is 14.8. The number of methoxy groups -OCH3 is 1. The second-order valence-corrected chi connectivity index (χ2v) is 6.71. The zero-order chi connectivity index (χ0) is 20.4. The second kappa shape index (κ2) is 7.97. The molecule has 0 amide bonds. The molecule has 0 aliphatic carbocycles. The Bertz CT molecular complexity index is 1140. The van der Waals surface area contributed by atoms with Crippen molar-refractivity contribution in [1.29, 1.82) is 0 Å². The number of halogens is 1. The Morgan fingerprint density at radius 3 is 2.55 bits per heavy atom. The number of imidazole rings is 1. The van der Waals surface area contributed by atoms with Gasteiger partial charge in [-0.05, 0) is 43.3 Å². The Labute approximate surface area is 172 Å². The molecule has 0 N–H and O–H groups in total. The normalized spacial score (nSPS) is 10.9. The van der Waals surface area contributed by atoms with Crippen LogP contribution in [-0.2, 0) is 6.42 Å². The highest BCUT2D eigenvalue weighted by atomic mass is 35.5. The lowest BCUT2D eigenvalue weighted by Gasteiger charge is -2.12. The number of hydrogen-bond acceptors (Lipinski definition) is 6. The van der Waals surface area contributed by atoms with Crippen molar-refractivity contribution < 1.29 is 14.0 Å². The number of aryl methyl sites for hydroxylation is 2. The minimum atomic E-state index is 0.328. The van der Waals surface area contributed by atoms with Gasteiger partial charge in [0, 0.05) is 17.5 Å². The van der Waals surface area contributed by atoms with Crippen molar-refractivity contribution in [3.05, 3.63) is 65.2 Å².